The van der Waals surface area contributed by atoms with Crippen LogP contribution in [0.5, 0.6) is 17.2 Å². The van der Waals surface area contributed by atoms with E-state index >= 15 is 0 Å². The molecule has 1 amide bonds. The first-order chi connectivity index (χ1) is 13.6. The average molecular weight is 378 g/mol. The number of nitrogens with two attached hydrogens (primary N) is 1. The minimum absolute atomic E-state index is 0.141. The van der Waals surface area contributed by atoms with E-state index in [9.17, 15) is 4.79 Å². The van der Waals surface area contributed by atoms with Crippen LogP contribution in [0, 0.1) is 0 Å². The molecule has 0 fully saturated rings. The highest BCUT2D eigenvalue weighted by Gasteiger charge is 2.23. The number of rotatable bonds is 7. The Labute approximate surface area is 163 Å². The second kappa shape index (κ2) is 7.78. The van der Waals surface area contributed by atoms with E-state index < -0.39 is 11.9 Å². The fraction of sp³-hybridized carbons (Fsp3) is 0.227. The van der Waals surface area contributed by atoms with E-state index in [4.69, 9.17) is 19.9 Å². The third-order valence-corrected chi connectivity index (χ3v) is 4.85. The summed E-state index contributed by atoms with van der Waals surface area (Å²) in [6.07, 6.45) is 0. The molecule has 28 heavy (non-hydrogen) atoms. The average Bonchev–Trinajstić information content (AvgIpc) is 3.21. The van der Waals surface area contributed by atoms with Crippen molar-refractivity contribution >= 4 is 16.7 Å². The molecule has 144 valence electrons. The minimum atomic E-state index is -0.430. The summed E-state index contributed by atoms with van der Waals surface area (Å²) >= 11 is 0. The molecular weight excluding hydrogens is 356 g/mol. The van der Waals surface area contributed by atoms with Gasteiger partial charge < -0.3 is 25.3 Å². The highest BCUT2D eigenvalue weighted by Crippen LogP contribution is 2.44. The summed E-state index contributed by atoms with van der Waals surface area (Å²) < 4.78 is 17.3. The molecule has 0 aromatic heterocycles. The number of nitrogens with one attached hydrogen (secondary N) is 1. The molecule has 3 aromatic carbocycles. The summed E-state index contributed by atoms with van der Waals surface area (Å²) in [5, 5.41) is 5.42. The molecule has 0 bridgehead atoms. The van der Waals surface area contributed by atoms with Gasteiger partial charge >= 0.3 is 0 Å². The van der Waals surface area contributed by atoms with Gasteiger partial charge in [-0.3, -0.25) is 4.79 Å². The Bertz CT molecular complexity index is 1010. The summed E-state index contributed by atoms with van der Waals surface area (Å²) in [6.45, 7) is 2.73. The third-order valence-electron chi connectivity index (χ3n) is 4.85. The largest absolute Gasteiger partial charge is 0.485 e. The van der Waals surface area contributed by atoms with Crippen molar-refractivity contribution in [3.8, 4) is 17.2 Å². The summed E-state index contributed by atoms with van der Waals surface area (Å²) in [5.41, 5.74) is 7.28. The molecule has 6 nitrogen and oxygen atoms in total. The fourth-order valence-electron chi connectivity index (χ4n) is 3.22. The molecular formula is C22H22N2O4. The maximum Gasteiger partial charge on any atom is 0.234 e. The highest BCUT2D eigenvalue weighted by atomic mass is 16.7. The third kappa shape index (κ3) is 3.59. The van der Waals surface area contributed by atoms with Crippen molar-refractivity contribution in [1.29, 1.82) is 0 Å². The van der Waals surface area contributed by atoms with Crippen LogP contribution in [0.3, 0.4) is 0 Å². The summed E-state index contributed by atoms with van der Waals surface area (Å²) in [4.78, 5) is 11.2. The van der Waals surface area contributed by atoms with Gasteiger partial charge in [-0.05, 0) is 29.3 Å². The van der Waals surface area contributed by atoms with E-state index in [1.807, 2.05) is 30.3 Å². The van der Waals surface area contributed by atoms with Crippen LogP contribution in [0.1, 0.15) is 18.1 Å². The van der Waals surface area contributed by atoms with Gasteiger partial charge in [0.2, 0.25) is 18.4 Å². The monoisotopic (exact) mass is 378 g/mol. The van der Waals surface area contributed by atoms with Crippen LogP contribution < -0.4 is 25.3 Å². The maximum absolute atomic E-state index is 11.2. The van der Waals surface area contributed by atoms with Crippen LogP contribution in [-0.4, -0.2) is 18.7 Å². The van der Waals surface area contributed by atoms with Gasteiger partial charge in [-0.1, -0.05) is 48.5 Å². The van der Waals surface area contributed by atoms with Gasteiger partial charge in [-0.25, -0.2) is 0 Å². The first-order valence-corrected chi connectivity index (χ1v) is 9.17. The van der Waals surface area contributed by atoms with Gasteiger partial charge in [0.05, 0.1) is 6.04 Å². The number of fused-ring (bicyclic) bond motifs is 2. The van der Waals surface area contributed by atoms with Gasteiger partial charge in [-0.15, -0.1) is 0 Å². The maximum atomic E-state index is 11.2. The predicted molar refractivity (Wildman–Crippen MR) is 106 cm³/mol. The summed E-state index contributed by atoms with van der Waals surface area (Å²) in [6, 6.07) is 17.7. The molecule has 3 N–H and O–H groups in total. The molecule has 1 aliphatic heterocycles. The molecule has 1 heterocycles. The Kier molecular flexibility index (Phi) is 5.04. The predicted octanol–water partition coefficient (Wildman–Crippen LogP) is 3.11. The number of ether oxygens (including phenoxy) is 3. The Morgan fingerprint density at radius 2 is 1.86 bits per heavy atom. The number of amides is 1. The van der Waals surface area contributed by atoms with Gasteiger partial charge in [0.25, 0.3) is 0 Å². The van der Waals surface area contributed by atoms with Crippen LogP contribution in [0.2, 0.25) is 0 Å². The number of primary amides is 1. The van der Waals surface area contributed by atoms with Crippen LogP contribution >= 0.6 is 0 Å². The van der Waals surface area contributed by atoms with Gasteiger partial charge in [0.1, 0.15) is 6.61 Å². The van der Waals surface area contributed by atoms with E-state index in [1.54, 1.807) is 6.92 Å². The first-order valence-electron chi connectivity index (χ1n) is 9.17. The van der Waals surface area contributed by atoms with Crippen molar-refractivity contribution in [1.82, 2.24) is 5.32 Å². The Hall–Kier alpha value is -3.25. The zero-order valence-electron chi connectivity index (χ0n) is 15.6. The number of hydrogen-bond donors (Lipinski definition) is 2. The van der Waals surface area contributed by atoms with E-state index in [0.29, 0.717) is 30.4 Å². The molecule has 0 saturated heterocycles. The fourth-order valence-corrected chi connectivity index (χ4v) is 3.22. The molecule has 4 rings (SSSR count). The minimum Gasteiger partial charge on any atom is -0.485 e. The summed E-state index contributed by atoms with van der Waals surface area (Å²) in [7, 11) is 0. The van der Waals surface area contributed by atoms with Crippen molar-refractivity contribution in [3.63, 3.8) is 0 Å². The standard InChI is InChI=1S/C22H22N2O4/c1-14(22(23)25)24-11-16-9-10-19(21-20(16)27-13-28-21)26-12-17-7-4-6-15-5-2-3-8-18(15)17/h2-10,14,24H,11-13H2,1H3,(H2,23,25)/t14-/m0/s1. The number of hydrogen-bond acceptors (Lipinski definition) is 5. The molecule has 6 heteroatoms. The van der Waals surface area contributed by atoms with E-state index in [1.165, 1.54) is 10.8 Å². The molecule has 1 aliphatic rings. The zero-order valence-corrected chi connectivity index (χ0v) is 15.6. The van der Waals surface area contributed by atoms with Crippen molar-refractivity contribution in [2.45, 2.75) is 26.1 Å². The van der Waals surface area contributed by atoms with Crippen LogP contribution in [0.25, 0.3) is 10.8 Å². The van der Waals surface area contributed by atoms with Crippen LogP contribution in [-0.2, 0) is 17.9 Å². The van der Waals surface area contributed by atoms with Crippen molar-refractivity contribution in [2.75, 3.05) is 6.79 Å². The lowest BCUT2D eigenvalue weighted by molar-refractivity contribution is -0.119. The van der Waals surface area contributed by atoms with E-state index in [-0.39, 0.29) is 6.79 Å². The molecule has 0 radical (unpaired) electrons. The number of benzene rings is 3. The Morgan fingerprint density at radius 1 is 1.07 bits per heavy atom. The molecule has 1 atom stereocenters. The van der Waals surface area contributed by atoms with Crippen molar-refractivity contribution in [2.24, 2.45) is 5.73 Å². The SMILES string of the molecule is C[C@H](NCc1ccc(OCc2cccc3ccccc23)c2c1OCO2)C(N)=O. The molecule has 0 spiro atoms. The molecule has 0 aliphatic carbocycles. The lowest BCUT2D eigenvalue weighted by Crippen LogP contribution is -2.38. The normalized spacial score (nSPS) is 13.5. The zero-order chi connectivity index (χ0) is 19.5. The topological polar surface area (TPSA) is 82.8 Å². The lowest BCUT2D eigenvalue weighted by atomic mass is 10.1. The van der Waals surface area contributed by atoms with Crippen LogP contribution in [0.4, 0.5) is 0 Å². The quantitative estimate of drug-likeness (QED) is 0.660. The van der Waals surface area contributed by atoms with Gasteiger partial charge in [0, 0.05) is 12.1 Å². The molecule has 0 saturated carbocycles. The molecule has 3 aromatic rings. The second-order valence-corrected chi connectivity index (χ2v) is 6.72. The highest BCUT2D eigenvalue weighted by molar-refractivity contribution is 5.85. The lowest BCUT2D eigenvalue weighted by Gasteiger charge is -2.14. The smallest absolute Gasteiger partial charge is 0.234 e. The summed E-state index contributed by atoms with van der Waals surface area (Å²) in [5.74, 6) is 1.46. The van der Waals surface area contributed by atoms with Crippen molar-refractivity contribution in [3.05, 3.63) is 65.7 Å². The van der Waals surface area contributed by atoms with E-state index in [0.717, 1.165) is 11.1 Å². The number of carbonyl (C=O) groups excluding carboxylic acids is 1. The van der Waals surface area contributed by atoms with E-state index in [2.05, 4.69) is 29.6 Å². The molecule has 0 unspecified atom stereocenters. The van der Waals surface area contributed by atoms with Gasteiger partial charge in [-0.2, -0.15) is 0 Å². The number of carbonyl (C=O) groups is 1. The van der Waals surface area contributed by atoms with Gasteiger partial charge in [0.15, 0.2) is 11.5 Å². The first kappa shape index (κ1) is 18.1. The Morgan fingerprint density at radius 3 is 2.71 bits per heavy atom. The Balaban J connectivity index is 1.53. The van der Waals surface area contributed by atoms with Crippen molar-refractivity contribution < 1.29 is 19.0 Å². The second-order valence-electron chi connectivity index (χ2n) is 6.72. The van der Waals surface area contributed by atoms with Crippen LogP contribution in [0.15, 0.2) is 54.6 Å².